The number of benzene rings is 1. The molecule has 0 bridgehead atoms. The van der Waals surface area contributed by atoms with Crippen LogP contribution in [0.3, 0.4) is 0 Å². The Bertz CT molecular complexity index is 619. The summed E-state index contributed by atoms with van der Waals surface area (Å²) in [6.45, 7) is 0.112. The van der Waals surface area contributed by atoms with E-state index in [0.717, 1.165) is 0 Å². The van der Waals surface area contributed by atoms with Crippen molar-refractivity contribution in [1.82, 2.24) is 5.32 Å². The normalized spacial score (nSPS) is 10.1. The summed E-state index contributed by atoms with van der Waals surface area (Å²) in [7, 11) is 0. The number of hydrogen-bond acceptors (Lipinski definition) is 4. The largest absolute Gasteiger partial charge is 0.475 e. The second-order valence-electron chi connectivity index (χ2n) is 3.88. The zero-order chi connectivity index (χ0) is 13.8. The zero-order valence-electron chi connectivity index (χ0n) is 9.92. The van der Waals surface area contributed by atoms with Crippen LogP contribution in [0.25, 0.3) is 0 Å². The maximum Gasteiger partial charge on any atom is 0.371 e. The topological polar surface area (TPSA) is 106 Å². The first-order valence-corrected chi connectivity index (χ1v) is 5.52. The van der Waals surface area contributed by atoms with Gasteiger partial charge in [0.15, 0.2) is 0 Å². The Morgan fingerprint density at radius 2 is 2.05 bits per heavy atom. The SMILES string of the molecule is Nc1cccc(C(=O)NCc2ccc(C(=O)O)o2)c1. The third-order valence-corrected chi connectivity index (χ3v) is 2.44. The summed E-state index contributed by atoms with van der Waals surface area (Å²) >= 11 is 0. The molecule has 19 heavy (non-hydrogen) atoms. The van der Waals surface area contributed by atoms with Gasteiger partial charge in [-0.15, -0.1) is 0 Å². The first-order chi connectivity index (χ1) is 9.06. The fourth-order valence-corrected chi connectivity index (χ4v) is 1.54. The summed E-state index contributed by atoms with van der Waals surface area (Å²) in [4.78, 5) is 22.4. The molecule has 6 nitrogen and oxygen atoms in total. The molecule has 98 valence electrons. The van der Waals surface area contributed by atoms with Crippen LogP contribution in [-0.2, 0) is 6.54 Å². The van der Waals surface area contributed by atoms with Gasteiger partial charge in [0.1, 0.15) is 5.76 Å². The monoisotopic (exact) mass is 260 g/mol. The summed E-state index contributed by atoms with van der Waals surface area (Å²) in [5, 5.41) is 11.3. The minimum atomic E-state index is -1.14. The Morgan fingerprint density at radius 3 is 2.68 bits per heavy atom. The van der Waals surface area contributed by atoms with Gasteiger partial charge in [-0.25, -0.2) is 4.79 Å². The molecule has 4 N–H and O–H groups in total. The fourth-order valence-electron chi connectivity index (χ4n) is 1.54. The Labute approximate surface area is 108 Å². The van der Waals surface area contributed by atoms with Crippen LogP contribution < -0.4 is 11.1 Å². The molecule has 1 heterocycles. The van der Waals surface area contributed by atoms with E-state index in [9.17, 15) is 9.59 Å². The van der Waals surface area contributed by atoms with Crippen molar-refractivity contribution < 1.29 is 19.1 Å². The van der Waals surface area contributed by atoms with E-state index in [0.29, 0.717) is 17.0 Å². The molecule has 1 amide bonds. The lowest BCUT2D eigenvalue weighted by Gasteiger charge is -2.03. The van der Waals surface area contributed by atoms with Crippen LogP contribution in [0.2, 0.25) is 0 Å². The highest BCUT2D eigenvalue weighted by molar-refractivity contribution is 5.94. The van der Waals surface area contributed by atoms with Gasteiger partial charge in [0, 0.05) is 11.3 Å². The molecule has 0 fully saturated rings. The van der Waals surface area contributed by atoms with Gasteiger partial charge >= 0.3 is 5.97 Å². The van der Waals surface area contributed by atoms with Crippen molar-refractivity contribution in [2.45, 2.75) is 6.54 Å². The molecule has 6 heteroatoms. The van der Waals surface area contributed by atoms with E-state index in [1.54, 1.807) is 24.3 Å². The lowest BCUT2D eigenvalue weighted by atomic mass is 10.2. The molecule has 0 aliphatic heterocycles. The Hall–Kier alpha value is -2.76. The zero-order valence-corrected chi connectivity index (χ0v) is 9.92. The summed E-state index contributed by atoms with van der Waals surface area (Å²) in [6.07, 6.45) is 0. The predicted molar refractivity (Wildman–Crippen MR) is 67.7 cm³/mol. The molecular formula is C13H12N2O4. The van der Waals surface area contributed by atoms with Crippen LogP contribution in [0.1, 0.15) is 26.7 Å². The second-order valence-corrected chi connectivity index (χ2v) is 3.88. The third-order valence-electron chi connectivity index (χ3n) is 2.44. The number of anilines is 1. The maximum atomic E-state index is 11.8. The molecule has 0 radical (unpaired) electrons. The number of nitrogens with one attached hydrogen (secondary N) is 1. The van der Waals surface area contributed by atoms with Gasteiger partial charge in [0.25, 0.3) is 5.91 Å². The molecule has 0 saturated carbocycles. The van der Waals surface area contributed by atoms with E-state index in [1.807, 2.05) is 0 Å². The number of nitrogens with two attached hydrogens (primary N) is 1. The van der Waals surface area contributed by atoms with Crippen molar-refractivity contribution in [3.05, 3.63) is 53.5 Å². The first-order valence-electron chi connectivity index (χ1n) is 5.52. The van der Waals surface area contributed by atoms with E-state index in [2.05, 4.69) is 5.32 Å². The smallest absolute Gasteiger partial charge is 0.371 e. The molecule has 0 saturated heterocycles. The maximum absolute atomic E-state index is 11.8. The highest BCUT2D eigenvalue weighted by Gasteiger charge is 2.10. The molecule has 1 aromatic heterocycles. The fraction of sp³-hybridized carbons (Fsp3) is 0.0769. The van der Waals surface area contributed by atoms with Crippen LogP contribution in [0.4, 0.5) is 5.69 Å². The number of aromatic carboxylic acids is 1. The van der Waals surface area contributed by atoms with Crippen molar-refractivity contribution >= 4 is 17.6 Å². The van der Waals surface area contributed by atoms with Gasteiger partial charge in [0.05, 0.1) is 6.54 Å². The van der Waals surface area contributed by atoms with Crippen LogP contribution in [0.15, 0.2) is 40.8 Å². The van der Waals surface area contributed by atoms with Gasteiger partial charge < -0.3 is 20.6 Å². The number of carboxylic acid groups (broad SMARTS) is 1. The van der Waals surface area contributed by atoms with E-state index in [4.69, 9.17) is 15.3 Å². The van der Waals surface area contributed by atoms with Crippen molar-refractivity contribution in [3.63, 3.8) is 0 Å². The number of carbonyl (C=O) groups excluding carboxylic acids is 1. The Morgan fingerprint density at radius 1 is 1.26 bits per heavy atom. The van der Waals surface area contributed by atoms with Crippen molar-refractivity contribution in [2.24, 2.45) is 0 Å². The highest BCUT2D eigenvalue weighted by atomic mass is 16.4. The summed E-state index contributed by atoms with van der Waals surface area (Å²) in [5.41, 5.74) is 6.51. The lowest BCUT2D eigenvalue weighted by molar-refractivity contribution is 0.0660. The third kappa shape index (κ3) is 3.12. The molecular weight excluding hydrogens is 248 g/mol. The summed E-state index contributed by atoms with van der Waals surface area (Å²) < 4.78 is 5.02. The van der Waals surface area contributed by atoms with Crippen molar-refractivity contribution in [1.29, 1.82) is 0 Å². The van der Waals surface area contributed by atoms with E-state index in [1.165, 1.54) is 12.1 Å². The Kier molecular flexibility index (Phi) is 3.51. The number of furan rings is 1. The number of amides is 1. The number of carbonyl (C=O) groups is 2. The van der Waals surface area contributed by atoms with Crippen LogP contribution in [0.5, 0.6) is 0 Å². The summed E-state index contributed by atoms with van der Waals surface area (Å²) in [5.74, 6) is -1.24. The van der Waals surface area contributed by atoms with Crippen molar-refractivity contribution in [3.8, 4) is 0 Å². The van der Waals surface area contributed by atoms with Gasteiger partial charge in [-0.05, 0) is 30.3 Å². The average Bonchev–Trinajstić information content (AvgIpc) is 2.85. The quantitative estimate of drug-likeness (QED) is 0.722. The molecule has 0 spiro atoms. The van der Waals surface area contributed by atoms with Gasteiger partial charge in [-0.2, -0.15) is 0 Å². The van der Waals surface area contributed by atoms with Gasteiger partial charge in [-0.3, -0.25) is 4.79 Å². The standard InChI is InChI=1S/C13H12N2O4/c14-9-3-1-2-8(6-9)12(16)15-7-10-4-5-11(19-10)13(17)18/h1-6H,7,14H2,(H,15,16)(H,17,18). The molecule has 0 aliphatic carbocycles. The predicted octanol–water partition coefficient (Wildman–Crippen LogP) is 1.49. The Balaban J connectivity index is 1.98. The lowest BCUT2D eigenvalue weighted by Crippen LogP contribution is -2.22. The highest BCUT2D eigenvalue weighted by Crippen LogP contribution is 2.09. The van der Waals surface area contributed by atoms with Crippen molar-refractivity contribution in [2.75, 3.05) is 5.73 Å². The minimum Gasteiger partial charge on any atom is -0.475 e. The number of hydrogen-bond donors (Lipinski definition) is 3. The minimum absolute atomic E-state index is 0.112. The van der Waals surface area contributed by atoms with E-state index >= 15 is 0 Å². The molecule has 0 atom stereocenters. The van der Waals surface area contributed by atoms with Gasteiger partial charge in [0.2, 0.25) is 5.76 Å². The molecule has 1 aromatic carbocycles. The number of carboxylic acids is 1. The first kappa shape index (κ1) is 12.7. The molecule has 2 aromatic rings. The second kappa shape index (κ2) is 5.26. The molecule has 0 aliphatic rings. The van der Waals surface area contributed by atoms with E-state index < -0.39 is 5.97 Å². The van der Waals surface area contributed by atoms with Crippen LogP contribution >= 0.6 is 0 Å². The molecule has 0 unspecified atom stereocenters. The molecule has 2 rings (SSSR count). The number of nitrogen functional groups attached to an aromatic ring is 1. The van der Waals surface area contributed by atoms with Gasteiger partial charge in [-0.1, -0.05) is 6.07 Å². The van der Waals surface area contributed by atoms with Crippen LogP contribution in [-0.4, -0.2) is 17.0 Å². The average molecular weight is 260 g/mol. The van der Waals surface area contributed by atoms with Crippen LogP contribution in [0, 0.1) is 0 Å². The van der Waals surface area contributed by atoms with E-state index in [-0.39, 0.29) is 18.2 Å². The number of rotatable bonds is 4. The summed E-state index contributed by atoms with van der Waals surface area (Å²) in [6, 6.07) is 9.40.